The average molecular weight is 318 g/mol. The Hall–Kier alpha value is -2.89. The van der Waals surface area contributed by atoms with Crippen LogP contribution in [-0.4, -0.2) is 32.3 Å². The van der Waals surface area contributed by atoms with E-state index in [9.17, 15) is 14.0 Å². The number of carbonyl (C=O) groups is 2. The zero-order valence-electron chi connectivity index (χ0n) is 12.5. The minimum atomic E-state index is -0.557. The van der Waals surface area contributed by atoms with Gasteiger partial charge in [-0.3, -0.25) is 0 Å². The Bertz CT molecular complexity index is 682. The van der Waals surface area contributed by atoms with Crippen LogP contribution >= 0.6 is 0 Å². The predicted octanol–water partition coefficient (Wildman–Crippen LogP) is 2.85. The Morgan fingerprint density at radius 2 is 1.52 bits per heavy atom. The Morgan fingerprint density at radius 3 is 2.13 bits per heavy atom. The molecule has 0 aliphatic carbocycles. The van der Waals surface area contributed by atoms with E-state index in [1.165, 1.54) is 43.5 Å². The van der Waals surface area contributed by atoms with Crippen LogP contribution in [0.5, 0.6) is 5.75 Å². The lowest BCUT2D eigenvalue weighted by molar-refractivity contribution is 0.0447. The largest absolute Gasteiger partial charge is 0.487 e. The number of halogens is 1. The van der Waals surface area contributed by atoms with Gasteiger partial charge in [-0.2, -0.15) is 0 Å². The van der Waals surface area contributed by atoms with Crippen molar-refractivity contribution >= 4 is 11.9 Å². The van der Waals surface area contributed by atoms with Gasteiger partial charge in [-0.15, -0.1) is 0 Å². The summed E-state index contributed by atoms with van der Waals surface area (Å²) in [4.78, 5) is 23.1. The third kappa shape index (κ3) is 4.54. The zero-order chi connectivity index (χ0) is 16.7. The number of ether oxygens (including phenoxy) is 3. The van der Waals surface area contributed by atoms with Crippen LogP contribution in [0.4, 0.5) is 4.39 Å². The van der Waals surface area contributed by atoms with Crippen LogP contribution in [0, 0.1) is 5.82 Å². The van der Waals surface area contributed by atoms with Crippen LogP contribution in [0.15, 0.2) is 48.5 Å². The lowest BCUT2D eigenvalue weighted by Gasteiger charge is -2.08. The third-order valence-corrected chi connectivity index (χ3v) is 2.95. The first-order valence-electron chi connectivity index (χ1n) is 6.84. The number of benzene rings is 2. The molecular formula is C17H15FO5. The number of rotatable bonds is 6. The Labute approximate surface area is 132 Å². The number of hydrogen-bond donors (Lipinski definition) is 0. The first-order chi connectivity index (χ1) is 11.1. The number of hydrogen-bond acceptors (Lipinski definition) is 5. The molecule has 120 valence electrons. The van der Waals surface area contributed by atoms with Crippen molar-refractivity contribution in [3.05, 3.63) is 65.5 Å². The molecule has 2 rings (SSSR count). The van der Waals surface area contributed by atoms with E-state index in [0.717, 1.165) is 0 Å². The van der Waals surface area contributed by atoms with Crippen LogP contribution < -0.4 is 4.74 Å². The van der Waals surface area contributed by atoms with Crippen LogP contribution in [0.3, 0.4) is 0 Å². The summed E-state index contributed by atoms with van der Waals surface area (Å²) in [6, 6.07) is 11.8. The summed E-state index contributed by atoms with van der Waals surface area (Å²) < 4.78 is 28.1. The normalized spacial score (nSPS) is 10.0. The molecule has 5 nitrogen and oxygen atoms in total. The zero-order valence-corrected chi connectivity index (χ0v) is 12.5. The number of esters is 2. The quantitative estimate of drug-likeness (QED) is 0.605. The van der Waals surface area contributed by atoms with Gasteiger partial charge in [-0.25, -0.2) is 14.0 Å². The number of carbonyl (C=O) groups excluding carboxylic acids is 2. The molecule has 0 unspecified atom stereocenters. The van der Waals surface area contributed by atoms with E-state index in [1.807, 2.05) is 0 Å². The summed E-state index contributed by atoms with van der Waals surface area (Å²) in [5.74, 6) is -1.41. The lowest BCUT2D eigenvalue weighted by Crippen LogP contribution is -2.13. The van der Waals surface area contributed by atoms with E-state index in [0.29, 0.717) is 11.1 Å². The lowest BCUT2D eigenvalue weighted by atomic mass is 10.1. The summed E-state index contributed by atoms with van der Waals surface area (Å²) in [7, 11) is 1.28. The van der Waals surface area contributed by atoms with Gasteiger partial charge in [0.1, 0.15) is 13.2 Å². The highest BCUT2D eigenvalue weighted by atomic mass is 19.1. The maximum absolute atomic E-state index is 13.3. The maximum atomic E-state index is 13.3. The van der Waals surface area contributed by atoms with E-state index in [4.69, 9.17) is 9.47 Å². The molecule has 0 fully saturated rings. The SMILES string of the molecule is COC(=O)c1ccc(C(=O)OCCOc2ccccc2F)cc1. The summed E-state index contributed by atoms with van der Waals surface area (Å²) in [5.41, 5.74) is 0.635. The molecule has 0 amide bonds. The fraction of sp³-hybridized carbons (Fsp3) is 0.176. The standard InChI is InChI=1S/C17H15FO5/c1-21-16(19)12-6-8-13(9-7-12)17(20)23-11-10-22-15-5-3-2-4-14(15)18/h2-9H,10-11H2,1H3. The monoisotopic (exact) mass is 318 g/mol. The van der Waals surface area contributed by atoms with Crippen LogP contribution in [0.2, 0.25) is 0 Å². The molecule has 0 N–H and O–H groups in total. The second-order valence-electron chi connectivity index (χ2n) is 4.48. The van der Waals surface area contributed by atoms with Gasteiger partial charge in [0.25, 0.3) is 0 Å². The molecule has 23 heavy (non-hydrogen) atoms. The number of methoxy groups -OCH3 is 1. The third-order valence-electron chi connectivity index (χ3n) is 2.95. The minimum Gasteiger partial charge on any atom is -0.487 e. The second kappa shape index (κ2) is 7.93. The van der Waals surface area contributed by atoms with E-state index in [-0.39, 0.29) is 19.0 Å². The molecule has 0 aromatic heterocycles. The second-order valence-corrected chi connectivity index (χ2v) is 4.48. The van der Waals surface area contributed by atoms with Crippen molar-refractivity contribution in [2.45, 2.75) is 0 Å². The van der Waals surface area contributed by atoms with Gasteiger partial charge in [-0.1, -0.05) is 12.1 Å². The molecule has 6 heteroatoms. The number of para-hydroxylation sites is 1. The highest BCUT2D eigenvalue weighted by molar-refractivity contribution is 5.93. The molecular weight excluding hydrogens is 303 g/mol. The van der Waals surface area contributed by atoms with Crippen LogP contribution in [0.25, 0.3) is 0 Å². The summed E-state index contributed by atoms with van der Waals surface area (Å²) in [6.45, 7) is 0.0127. The molecule has 0 radical (unpaired) electrons. The topological polar surface area (TPSA) is 61.8 Å². The first kappa shape index (κ1) is 16.5. The van der Waals surface area contributed by atoms with Crippen molar-refractivity contribution < 1.29 is 28.2 Å². The van der Waals surface area contributed by atoms with Crippen molar-refractivity contribution in [2.75, 3.05) is 20.3 Å². The molecule has 0 spiro atoms. The van der Waals surface area contributed by atoms with Crippen molar-refractivity contribution in [2.24, 2.45) is 0 Å². The Balaban J connectivity index is 1.81. The summed E-state index contributed by atoms with van der Waals surface area (Å²) in [6.07, 6.45) is 0. The molecule has 0 aliphatic rings. The van der Waals surface area contributed by atoms with Gasteiger partial charge in [0.2, 0.25) is 0 Å². The average Bonchev–Trinajstić information content (AvgIpc) is 2.59. The van der Waals surface area contributed by atoms with Gasteiger partial charge in [-0.05, 0) is 36.4 Å². The van der Waals surface area contributed by atoms with Crippen molar-refractivity contribution in [1.82, 2.24) is 0 Å². The van der Waals surface area contributed by atoms with Crippen molar-refractivity contribution in [3.8, 4) is 5.75 Å². The molecule has 0 atom stereocenters. The summed E-state index contributed by atoms with van der Waals surface area (Å²) in [5, 5.41) is 0. The highest BCUT2D eigenvalue weighted by Gasteiger charge is 2.10. The predicted molar refractivity (Wildman–Crippen MR) is 80.0 cm³/mol. The minimum absolute atomic E-state index is 0.0219. The van der Waals surface area contributed by atoms with Crippen LogP contribution in [0.1, 0.15) is 20.7 Å². The maximum Gasteiger partial charge on any atom is 0.338 e. The van der Waals surface area contributed by atoms with Gasteiger partial charge in [0.05, 0.1) is 18.2 Å². The van der Waals surface area contributed by atoms with Gasteiger partial charge in [0.15, 0.2) is 11.6 Å². The first-order valence-corrected chi connectivity index (χ1v) is 6.84. The van der Waals surface area contributed by atoms with E-state index >= 15 is 0 Å². The fourth-order valence-corrected chi connectivity index (χ4v) is 1.79. The van der Waals surface area contributed by atoms with Gasteiger partial charge in [0, 0.05) is 0 Å². The molecule has 0 saturated carbocycles. The molecule has 0 aliphatic heterocycles. The highest BCUT2D eigenvalue weighted by Crippen LogP contribution is 2.15. The van der Waals surface area contributed by atoms with Crippen molar-refractivity contribution in [3.63, 3.8) is 0 Å². The molecule has 0 saturated heterocycles. The summed E-state index contributed by atoms with van der Waals surface area (Å²) >= 11 is 0. The van der Waals surface area contributed by atoms with Gasteiger partial charge >= 0.3 is 11.9 Å². The van der Waals surface area contributed by atoms with E-state index in [2.05, 4.69) is 4.74 Å². The van der Waals surface area contributed by atoms with Crippen LogP contribution in [-0.2, 0) is 9.47 Å². The van der Waals surface area contributed by atoms with E-state index in [1.54, 1.807) is 12.1 Å². The Kier molecular flexibility index (Phi) is 5.68. The molecule has 0 heterocycles. The fourth-order valence-electron chi connectivity index (χ4n) is 1.79. The molecule has 2 aromatic rings. The molecule has 2 aromatic carbocycles. The smallest absolute Gasteiger partial charge is 0.338 e. The Morgan fingerprint density at radius 1 is 0.913 bits per heavy atom. The van der Waals surface area contributed by atoms with Gasteiger partial charge < -0.3 is 14.2 Å². The van der Waals surface area contributed by atoms with Crippen molar-refractivity contribution in [1.29, 1.82) is 0 Å². The molecule has 0 bridgehead atoms. The van der Waals surface area contributed by atoms with E-state index < -0.39 is 17.8 Å².